The summed E-state index contributed by atoms with van der Waals surface area (Å²) in [6.45, 7) is 5.77. The van der Waals surface area contributed by atoms with Crippen molar-refractivity contribution in [3.63, 3.8) is 0 Å². The van der Waals surface area contributed by atoms with E-state index in [4.69, 9.17) is 5.11 Å². The van der Waals surface area contributed by atoms with Gasteiger partial charge in [-0.1, -0.05) is 20.8 Å². The molecule has 19 heavy (non-hydrogen) atoms. The first-order valence-corrected chi connectivity index (χ1v) is 6.29. The fourth-order valence-corrected chi connectivity index (χ4v) is 1.89. The number of rotatable bonds is 3. The molecule has 1 rings (SSSR count). The smallest absolute Gasteiger partial charge is 0.326 e. The Morgan fingerprint density at radius 1 is 1.42 bits per heavy atom. The Balaban J connectivity index is 2.58. The standard InChI is InChI=1S/C12H21N3O4/c1-12(2,3)8(10(17)18)15-11(19)14-7-5-4-6-13-9(7)16/h7-8H,4-6H2,1-3H3,(H,13,16)(H,17,18)(H2,14,15,19). The van der Waals surface area contributed by atoms with E-state index < -0.39 is 29.5 Å². The van der Waals surface area contributed by atoms with Crippen LogP contribution >= 0.6 is 0 Å². The number of hydrogen-bond donors (Lipinski definition) is 4. The van der Waals surface area contributed by atoms with E-state index in [0.29, 0.717) is 13.0 Å². The Labute approximate surface area is 112 Å². The Morgan fingerprint density at radius 2 is 2.05 bits per heavy atom. The van der Waals surface area contributed by atoms with Gasteiger partial charge in [0.25, 0.3) is 0 Å². The van der Waals surface area contributed by atoms with Gasteiger partial charge in [0.1, 0.15) is 12.1 Å². The van der Waals surface area contributed by atoms with Crippen LogP contribution in [0.3, 0.4) is 0 Å². The summed E-state index contributed by atoms with van der Waals surface area (Å²) in [7, 11) is 0. The second kappa shape index (κ2) is 5.90. The van der Waals surface area contributed by atoms with Crippen molar-refractivity contribution in [2.75, 3.05) is 6.54 Å². The molecule has 4 N–H and O–H groups in total. The number of urea groups is 1. The highest BCUT2D eigenvalue weighted by Crippen LogP contribution is 2.19. The molecule has 0 saturated carbocycles. The molecule has 1 fully saturated rings. The van der Waals surface area contributed by atoms with Gasteiger partial charge in [-0.3, -0.25) is 4.79 Å². The van der Waals surface area contributed by atoms with Crippen molar-refractivity contribution >= 4 is 17.9 Å². The van der Waals surface area contributed by atoms with Crippen molar-refractivity contribution in [2.45, 2.75) is 45.7 Å². The zero-order valence-electron chi connectivity index (χ0n) is 11.4. The lowest BCUT2D eigenvalue weighted by Gasteiger charge is -2.29. The number of nitrogens with one attached hydrogen (secondary N) is 3. The van der Waals surface area contributed by atoms with Gasteiger partial charge in [0.2, 0.25) is 5.91 Å². The Kier molecular flexibility index (Phi) is 4.74. The minimum absolute atomic E-state index is 0.232. The Bertz CT molecular complexity index is 376. The number of amides is 3. The van der Waals surface area contributed by atoms with Gasteiger partial charge in [-0.15, -0.1) is 0 Å². The SMILES string of the molecule is CC(C)(C)C(NC(=O)NC1CCCNC1=O)C(=O)O. The first-order valence-electron chi connectivity index (χ1n) is 6.29. The second-order valence-electron chi connectivity index (χ2n) is 5.74. The summed E-state index contributed by atoms with van der Waals surface area (Å²) < 4.78 is 0. The monoisotopic (exact) mass is 271 g/mol. The van der Waals surface area contributed by atoms with Crippen LogP contribution in [0.25, 0.3) is 0 Å². The van der Waals surface area contributed by atoms with E-state index in [0.717, 1.165) is 6.42 Å². The predicted octanol–water partition coefficient (Wildman–Crippen LogP) is 0.0635. The molecular weight excluding hydrogens is 250 g/mol. The lowest BCUT2D eigenvalue weighted by Crippen LogP contribution is -2.57. The van der Waals surface area contributed by atoms with Crippen molar-refractivity contribution in [3.05, 3.63) is 0 Å². The van der Waals surface area contributed by atoms with Crippen molar-refractivity contribution < 1.29 is 19.5 Å². The second-order valence-corrected chi connectivity index (χ2v) is 5.74. The first kappa shape index (κ1) is 15.3. The molecule has 0 aromatic rings. The lowest BCUT2D eigenvalue weighted by atomic mass is 9.87. The van der Waals surface area contributed by atoms with Gasteiger partial charge in [0.15, 0.2) is 0 Å². The topological polar surface area (TPSA) is 108 Å². The van der Waals surface area contributed by atoms with E-state index in [9.17, 15) is 14.4 Å². The maximum absolute atomic E-state index is 11.8. The number of carbonyl (C=O) groups is 3. The normalized spacial score (nSPS) is 21.2. The van der Waals surface area contributed by atoms with Crippen molar-refractivity contribution in [1.29, 1.82) is 0 Å². The van der Waals surface area contributed by atoms with Gasteiger partial charge in [-0.05, 0) is 18.3 Å². The fourth-order valence-electron chi connectivity index (χ4n) is 1.89. The molecule has 0 aromatic heterocycles. The van der Waals surface area contributed by atoms with E-state index >= 15 is 0 Å². The summed E-state index contributed by atoms with van der Waals surface area (Å²) in [4.78, 5) is 34.3. The van der Waals surface area contributed by atoms with Crippen molar-refractivity contribution in [3.8, 4) is 0 Å². The lowest BCUT2D eigenvalue weighted by molar-refractivity contribution is -0.141. The highest BCUT2D eigenvalue weighted by atomic mass is 16.4. The molecule has 7 nitrogen and oxygen atoms in total. The van der Waals surface area contributed by atoms with Crippen LogP contribution in [0.15, 0.2) is 0 Å². The Hall–Kier alpha value is -1.79. The largest absolute Gasteiger partial charge is 0.480 e. The molecule has 0 spiro atoms. The molecule has 1 aliphatic heterocycles. The van der Waals surface area contributed by atoms with Gasteiger partial charge in [0.05, 0.1) is 0 Å². The van der Waals surface area contributed by atoms with E-state index in [-0.39, 0.29) is 5.91 Å². The van der Waals surface area contributed by atoms with E-state index in [2.05, 4.69) is 16.0 Å². The minimum atomic E-state index is -1.10. The van der Waals surface area contributed by atoms with Crippen LogP contribution in [-0.4, -0.2) is 41.6 Å². The van der Waals surface area contributed by atoms with Crippen LogP contribution in [0.1, 0.15) is 33.6 Å². The van der Waals surface area contributed by atoms with Crippen LogP contribution in [0.5, 0.6) is 0 Å². The van der Waals surface area contributed by atoms with Gasteiger partial charge in [-0.25, -0.2) is 9.59 Å². The van der Waals surface area contributed by atoms with E-state index in [1.54, 1.807) is 20.8 Å². The summed E-state index contributed by atoms with van der Waals surface area (Å²) in [5, 5.41) is 16.6. The third-order valence-corrected chi connectivity index (χ3v) is 2.98. The zero-order valence-corrected chi connectivity index (χ0v) is 11.4. The molecule has 3 amide bonds. The summed E-state index contributed by atoms with van der Waals surface area (Å²) in [5.41, 5.74) is -0.613. The van der Waals surface area contributed by atoms with Crippen LogP contribution in [0, 0.1) is 5.41 Å². The maximum atomic E-state index is 11.8. The number of hydrogen-bond acceptors (Lipinski definition) is 3. The van der Waals surface area contributed by atoms with Gasteiger partial charge in [-0.2, -0.15) is 0 Å². The molecule has 108 valence electrons. The molecule has 1 heterocycles. The third kappa shape index (κ3) is 4.42. The number of carbonyl (C=O) groups excluding carboxylic acids is 2. The van der Waals surface area contributed by atoms with Crippen LogP contribution < -0.4 is 16.0 Å². The van der Waals surface area contributed by atoms with Gasteiger partial charge >= 0.3 is 12.0 Å². The van der Waals surface area contributed by atoms with Gasteiger partial charge in [0, 0.05) is 6.54 Å². The van der Waals surface area contributed by atoms with Crippen LogP contribution in [-0.2, 0) is 9.59 Å². The predicted molar refractivity (Wildman–Crippen MR) is 68.6 cm³/mol. The molecule has 1 aliphatic rings. The number of carboxylic acids is 1. The van der Waals surface area contributed by atoms with Crippen LogP contribution in [0.4, 0.5) is 4.79 Å². The third-order valence-electron chi connectivity index (χ3n) is 2.98. The molecule has 2 atom stereocenters. The molecule has 2 unspecified atom stereocenters. The summed E-state index contributed by atoms with van der Waals surface area (Å²) in [6.07, 6.45) is 1.35. The Morgan fingerprint density at radius 3 is 2.53 bits per heavy atom. The van der Waals surface area contributed by atoms with Gasteiger partial charge < -0.3 is 21.1 Å². The summed E-state index contributed by atoms with van der Waals surface area (Å²) in [6, 6.07) is -2.24. The molecule has 0 aliphatic carbocycles. The average molecular weight is 271 g/mol. The first-order chi connectivity index (χ1) is 8.71. The maximum Gasteiger partial charge on any atom is 0.326 e. The number of carboxylic acid groups (broad SMARTS) is 1. The summed E-state index contributed by atoms with van der Waals surface area (Å²) >= 11 is 0. The van der Waals surface area contributed by atoms with Crippen molar-refractivity contribution in [1.82, 2.24) is 16.0 Å². The average Bonchev–Trinajstić information content (AvgIpc) is 2.27. The van der Waals surface area contributed by atoms with E-state index in [1.165, 1.54) is 0 Å². The number of piperidine rings is 1. The fraction of sp³-hybridized carbons (Fsp3) is 0.750. The van der Waals surface area contributed by atoms with Crippen molar-refractivity contribution in [2.24, 2.45) is 5.41 Å². The number of aliphatic carboxylic acids is 1. The summed E-state index contributed by atoms with van der Waals surface area (Å²) in [5.74, 6) is -1.33. The minimum Gasteiger partial charge on any atom is -0.480 e. The molecule has 0 aromatic carbocycles. The highest BCUT2D eigenvalue weighted by Gasteiger charge is 2.33. The van der Waals surface area contributed by atoms with Crippen LogP contribution in [0.2, 0.25) is 0 Å². The highest BCUT2D eigenvalue weighted by molar-refractivity contribution is 5.89. The molecule has 7 heteroatoms. The molecule has 0 radical (unpaired) electrons. The molecule has 1 saturated heterocycles. The quantitative estimate of drug-likeness (QED) is 0.582. The molecular formula is C12H21N3O4. The van der Waals surface area contributed by atoms with E-state index in [1.807, 2.05) is 0 Å². The zero-order chi connectivity index (χ0) is 14.6. The molecule has 0 bridgehead atoms.